The fourth-order valence-electron chi connectivity index (χ4n) is 1.82. The molecule has 0 fully saturated rings. The topological polar surface area (TPSA) is 58.2 Å². The maximum atomic E-state index is 12.8. The Kier molecular flexibility index (Phi) is 6.03. The third-order valence-corrected chi connectivity index (χ3v) is 4.28. The molecule has 0 heterocycles. The van der Waals surface area contributed by atoms with Crippen LogP contribution in [0.1, 0.15) is 24.0 Å². The van der Waals surface area contributed by atoms with Gasteiger partial charge in [0.15, 0.2) is 0 Å². The van der Waals surface area contributed by atoms with Crippen molar-refractivity contribution in [1.82, 2.24) is 5.32 Å². The van der Waals surface area contributed by atoms with Gasteiger partial charge in [0.1, 0.15) is 0 Å². The van der Waals surface area contributed by atoms with Gasteiger partial charge in [-0.2, -0.15) is 13.2 Å². The highest BCUT2D eigenvalue weighted by atomic mass is 32.2. The molecule has 0 amide bonds. The van der Waals surface area contributed by atoms with Gasteiger partial charge in [-0.1, -0.05) is 6.07 Å². The van der Waals surface area contributed by atoms with E-state index in [2.05, 4.69) is 10.0 Å². The Morgan fingerprint density at radius 3 is 2.43 bits per heavy atom. The molecule has 0 aliphatic carbocycles. The molecule has 8 heteroatoms. The Morgan fingerprint density at radius 2 is 1.86 bits per heavy atom. The molecule has 0 aliphatic rings. The zero-order valence-electron chi connectivity index (χ0n) is 11.9. The first-order valence-electron chi connectivity index (χ1n) is 6.48. The van der Waals surface area contributed by atoms with Crippen molar-refractivity contribution in [1.29, 1.82) is 0 Å². The van der Waals surface area contributed by atoms with Crippen molar-refractivity contribution >= 4 is 15.7 Å². The lowest BCUT2D eigenvalue weighted by Gasteiger charge is -2.13. The second kappa shape index (κ2) is 7.13. The van der Waals surface area contributed by atoms with Crippen molar-refractivity contribution in [3.63, 3.8) is 0 Å². The lowest BCUT2D eigenvalue weighted by Crippen LogP contribution is -2.18. The first-order chi connectivity index (χ1) is 9.65. The van der Waals surface area contributed by atoms with Gasteiger partial charge in [-0.25, -0.2) is 8.42 Å². The minimum Gasteiger partial charge on any atom is -0.320 e. The van der Waals surface area contributed by atoms with Crippen molar-refractivity contribution in [2.45, 2.75) is 25.9 Å². The Labute approximate surface area is 122 Å². The van der Waals surface area contributed by atoms with Gasteiger partial charge in [-0.05, 0) is 51.1 Å². The number of hydrogen-bond acceptors (Lipinski definition) is 3. The van der Waals surface area contributed by atoms with Crippen molar-refractivity contribution in [2.24, 2.45) is 0 Å². The minimum atomic E-state index is -4.50. The molecule has 120 valence electrons. The average molecular weight is 324 g/mol. The number of unbranched alkanes of at least 4 members (excludes halogenated alkanes) is 1. The molecule has 0 saturated carbocycles. The summed E-state index contributed by atoms with van der Waals surface area (Å²) < 4.78 is 64.1. The minimum absolute atomic E-state index is 0.0551. The van der Waals surface area contributed by atoms with Gasteiger partial charge in [0.2, 0.25) is 10.0 Å². The van der Waals surface area contributed by atoms with E-state index in [1.165, 1.54) is 19.1 Å². The van der Waals surface area contributed by atoms with Gasteiger partial charge >= 0.3 is 6.18 Å². The molecule has 21 heavy (non-hydrogen) atoms. The first-order valence-corrected chi connectivity index (χ1v) is 8.14. The number of anilines is 1. The van der Waals surface area contributed by atoms with Gasteiger partial charge in [0, 0.05) is 5.69 Å². The number of alkyl halides is 3. The molecule has 0 aromatic heterocycles. The van der Waals surface area contributed by atoms with Crippen LogP contribution in [0, 0.1) is 6.92 Å². The average Bonchev–Trinajstić information content (AvgIpc) is 2.35. The molecule has 1 aromatic rings. The molecule has 0 aliphatic heterocycles. The summed E-state index contributed by atoms with van der Waals surface area (Å²) >= 11 is 0. The third kappa shape index (κ3) is 5.92. The van der Waals surface area contributed by atoms with E-state index in [0.29, 0.717) is 19.4 Å². The van der Waals surface area contributed by atoms with Crippen LogP contribution >= 0.6 is 0 Å². The Morgan fingerprint density at radius 1 is 1.19 bits per heavy atom. The predicted octanol–water partition coefficient (Wildman–Crippen LogP) is 2.76. The quantitative estimate of drug-likeness (QED) is 0.758. The largest absolute Gasteiger partial charge is 0.416 e. The van der Waals surface area contributed by atoms with Crippen LogP contribution in [0.2, 0.25) is 0 Å². The smallest absolute Gasteiger partial charge is 0.320 e. The number of aryl methyl sites for hydroxylation is 1. The maximum absolute atomic E-state index is 12.8. The lowest BCUT2D eigenvalue weighted by molar-refractivity contribution is -0.138. The number of hydrogen-bond donors (Lipinski definition) is 2. The zero-order valence-corrected chi connectivity index (χ0v) is 12.7. The molecule has 1 rings (SSSR count). The SMILES string of the molecule is CNCCCCS(=O)(=O)Nc1ccc(C)c(C(F)(F)F)c1. The molecule has 0 spiro atoms. The van der Waals surface area contributed by atoms with E-state index in [9.17, 15) is 21.6 Å². The summed E-state index contributed by atoms with van der Waals surface area (Å²) in [5.41, 5.74) is -0.848. The molecular formula is C13H19F3N2O2S. The summed E-state index contributed by atoms with van der Waals surface area (Å²) in [6, 6.07) is 3.40. The normalized spacial score (nSPS) is 12.4. The van der Waals surface area contributed by atoms with E-state index in [-0.39, 0.29) is 17.0 Å². The molecule has 0 unspecified atom stereocenters. The summed E-state index contributed by atoms with van der Waals surface area (Å²) in [6.07, 6.45) is -3.38. The molecule has 0 atom stereocenters. The first kappa shape index (κ1) is 17.8. The van der Waals surface area contributed by atoms with Crippen LogP contribution in [0.25, 0.3) is 0 Å². The molecule has 0 bridgehead atoms. The van der Waals surface area contributed by atoms with E-state index < -0.39 is 21.8 Å². The number of sulfonamides is 1. The maximum Gasteiger partial charge on any atom is 0.416 e. The van der Waals surface area contributed by atoms with Gasteiger partial charge in [0.25, 0.3) is 0 Å². The molecule has 4 nitrogen and oxygen atoms in total. The highest BCUT2D eigenvalue weighted by Crippen LogP contribution is 2.33. The predicted molar refractivity (Wildman–Crippen MR) is 76.8 cm³/mol. The number of rotatable bonds is 7. The Balaban J connectivity index is 2.79. The molecular weight excluding hydrogens is 305 g/mol. The summed E-state index contributed by atoms with van der Waals surface area (Å²) in [7, 11) is -1.87. The summed E-state index contributed by atoms with van der Waals surface area (Å²) in [4.78, 5) is 0. The van der Waals surface area contributed by atoms with Crippen LogP contribution in [-0.2, 0) is 16.2 Å². The van der Waals surface area contributed by atoms with Gasteiger partial charge in [-0.15, -0.1) is 0 Å². The van der Waals surface area contributed by atoms with Gasteiger partial charge in [0.05, 0.1) is 11.3 Å². The van der Waals surface area contributed by atoms with Crippen LogP contribution < -0.4 is 10.0 Å². The number of nitrogens with one attached hydrogen (secondary N) is 2. The van der Waals surface area contributed by atoms with E-state index in [1.807, 2.05) is 0 Å². The third-order valence-electron chi connectivity index (χ3n) is 2.91. The standard InChI is InChI=1S/C13H19F3N2O2S/c1-10-5-6-11(9-12(10)13(14,15)16)18-21(19,20)8-4-3-7-17-2/h5-6,9,17-18H,3-4,7-8H2,1-2H3. The van der Waals surface area contributed by atoms with Crippen LogP contribution in [0.5, 0.6) is 0 Å². The molecule has 2 N–H and O–H groups in total. The molecule has 1 aromatic carbocycles. The zero-order chi connectivity index (χ0) is 16.1. The van der Waals surface area contributed by atoms with Crippen molar-refractivity contribution in [3.05, 3.63) is 29.3 Å². The van der Waals surface area contributed by atoms with Crippen LogP contribution in [0.15, 0.2) is 18.2 Å². The van der Waals surface area contributed by atoms with Crippen LogP contribution in [-0.4, -0.2) is 27.8 Å². The van der Waals surface area contributed by atoms with E-state index in [4.69, 9.17) is 0 Å². The Bertz CT molecular complexity index is 571. The molecule has 0 radical (unpaired) electrons. The van der Waals surface area contributed by atoms with Gasteiger partial charge < -0.3 is 5.32 Å². The van der Waals surface area contributed by atoms with Crippen molar-refractivity contribution in [2.75, 3.05) is 24.1 Å². The fourth-order valence-corrected chi connectivity index (χ4v) is 2.99. The second-order valence-corrected chi connectivity index (χ2v) is 6.60. The summed E-state index contributed by atoms with van der Waals surface area (Å²) in [6.45, 7) is 2.02. The van der Waals surface area contributed by atoms with E-state index in [1.54, 1.807) is 7.05 Å². The highest BCUT2D eigenvalue weighted by Gasteiger charge is 2.32. The van der Waals surface area contributed by atoms with E-state index in [0.717, 1.165) is 6.07 Å². The lowest BCUT2D eigenvalue weighted by atomic mass is 10.1. The van der Waals surface area contributed by atoms with Crippen molar-refractivity contribution < 1.29 is 21.6 Å². The second-order valence-electron chi connectivity index (χ2n) is 4.76. The number of halogens is 3. The fraction of sp³-hybridized carbons (Fsp3) is 0.538. The number of benzene rings is 1. The van der Waals surface area contributed by atoms with Crippen LogP contribution in [0.3, 0.4) is 0 Å². The summed E-state index contributed by atoms with van der Waals surface area (Å²) in [5, 5.41) is 2.89. The molecule has 0 saturated heterocycles. The highest BCUT2D eigenvalue weighted by molar-refractivity contribution is 7.92. The van der Waals surface area contributed by atoms with Crippen LogP contribution in [0.4, 0.5) is 18.9 Å². The monoisotopic (exact) mass is 324 g/mol. The van der Waals surface area contributed by atoms with E-state index >= 15 is 0 Å². The summed E-state index contributed by atoms with van der Waals surface area (Å²) in [5.74, 6) is -0.121. The Hall–Kier alpha value is -1.28. The van der Waals surface area contributed by atoms with Gasteiger partial charge in [-0.3, -0.25) is 4.72 Å². The van der Waals surface area contributed by atoms with Crippen molar-refractivity contribution in [3.8, 4) is 0 Å².